The van der Waals surface area contributed by atoms with Gasteiger partial charge in [-0.2, -0.15) is 0 Å². The van der Waals surface area contributed by atoms with Crippen LogP contribution in [0.5, 0.6) is 0 Å². The Hall–Kier alpha value is -1.19. The van der Waals surface area contributed by atoms with Gasteiger partial charge in [0.15, 0.2) is 0 Å². The van der Waals surface area contributed by atoms with Crippen molar-refractivity contribution in [3.05, 3.63) is 33.8 Å². The highest BCUT2D eigenvalue weighted by Crippen LogP contribution is 2.31. The first-order chi connectivity index (χ1) is 8.06. The lowest BCUT2D eigenvalue weighted by atomic mass is 10.2. The van der Waals surface area contributed by atoms with Crippen LogP contribution in [-0.2, 0) is 9.53 Å². The van der Waals surface area contributed by atoms with E-state index in [1.807, 2.05) is 0 Å². The number of hydrogen-bond donors (Lipinski definition) is 1. The van der Waals surface area contributed by atoms with Crippen molar-refractivity contribution in [2.45, 2.75) is 13.3 Å². The van der Waals surface area contributed by atoms with Gasteiger partial charge < -0.3 is 10.5 Å². The van der Waals surface area contributed by atoms with Gasteiger partial charge >= 0.3 is 5.97 Å². The number of nitrogen functional groups attached to an aromatic ring is 1. The number of carbonyl (C=O) groups is 1. The summed E-state index contributed by atoms with van der Waals surface area (Å²) in [5, 5.41) is 0.705. The summed E-state index contributed by atoms with van der Waals surface area (Å²) in [6, 6.07) is 3.41. The second kappa shape index (κ2) is 6.52. The molecule has 0 atom stereocenters. The van der Waals surface area contributed by atoms with E-state index in [0.717, 1.165) is 5.56 Å². The van der Waals surface area contributed by atoms with Crippen molar-refractivity contribution in [2.24, 2.45) is 0 Å². The third-order valence-electron chi connectivity index (χ3n) is 2.03. The van der Waals surface area contributed by atoms with Crippen molar-refractivity contribution in [3.63, 3.8) is 0 Å². The molecule has 2 N–H and O–H groups in total. The predicted octanol–water partition coefficient (Wildman–Crippen LogP) is 3.54. The lowest BCUT2D eigenvalue weighted by Gasteiger charge is -2.03. The van der Waals surface area contributed by atoms with Crippen molar-refractivity contribution < 1.29 is 9.53 Å². The molecule has 3 nitrogen and oxygen atoms in total. The number of nitrogens with two attached hydrogens (primary N) is 1. The van der Waals surface area contributed by atoms with Crippen LogP contribution in [0.15, 0.2) is 18.2 Å². The lowest BCUT2D eigenvalue weighted by Crippen LogP contribution is -2.01. The molecule has 1 aromatic rings. The predicted molar refractivity (Wildman–Crippen MR) is 71.2 cm³/mol. The molecule has 0 saturated heterocycles. The van der Waals surface area contributed by atoms with Crippen LogP contribution < -0.4 is 5.73 Å². The summed E-state index contributed by atoms with van der Waals surface area (Å²) in [5.41, 5.74) is 6.74. The summed E-state index contributed by atoms with van der Waals surface area (Å²) in [4.78, 5) is 11.1. The van der Waals surface area contributed by atoms with Crippen molar-refractivity contribution in [3.8, 4) is 0 Å². The summed E-state index contributed by atoms with van der Waals surface area (Å²) in [5.74, 6) is -0.276. The van der Waals surface area contributed by atoms with E-state index in [-0.39, 0.29) is 12.4 Å². The van der Waals surface area contributed by atoms with Crippen LogP contribution in [0.2, 0.25) is 10.0 Å². The molecule has 0 fully saturated rings. The number of halogens is 2. The van der Waals surface area contributed by atoms with Gasteiger partial charge in [-0.05, 0) is 18.6 Å². The average Bonchev–Trinajstić information content (AvgIpc) is 2.29. The molecule has 0 heterocycles. The van der Waals surface area contributed by atoms with Crippen LogP contribution in [-0.4, -0.2) is 12.6 Å². The Bertz CT molecular complexity index is 444. The van der Waals surface area contributed by atoms with Gasteiger partial charge in [0.05, 0.1) is 28.8 Å². The molecule has 0 saturated carbocycles. The molecular formula is C12H13Cl2NO2. The zero-order valence-corrected chi connectivity index (χ0v) is 10.9. The van der Waals surface area contributed by atoms with Crippen LogP contribution in [0.3, 0.4) is 0 Å². The first-order valence-corrected chi connectivity index (χ1v) is 5.87. The maximum atomic E-state index is 11.1. The summed E-state index contributed by atoms with van der Waals surface area (Å²) in [6.45, 7) is 2.14. The molecule has 0 aliphatic carbocycles. The zero-order valence-electron chi connectivity index (χ0n) is 9.37. The number of rotatable bonds is 4. The topological polar surface area (TPSA) is 52.3 Å². The van der Waals surface area contributed by atoms with Gasteiger partial charge in [0, 0.05) is 0 Å². The Morgan fingerprint density at radius 2 is 2.12 bits per heavy atom. The molecule has 0 unspecified atom stereocenters. The number of esters is 1. The van der Waals surface area contributed by atoms with E-state index in [1.54, 1.807) is 31.2 Å². The summed E-state index contributed by atoms with van der Waals surface area (Å²) in [6.07, 6.45) is 3.59. The fourth-order valence-electron chi connectivity index (χ4n) is 1.21. The second-order valence-electron chi connectivity index (χ2n) is 3.28. The number of benzene rings is 1. The first-order valence-electron chi connectivity index (χ1n) is 5.12. The van der Waals surface area contributed by atoms with Crippen LogP contribution in [0.1, 0.15) is 18.9 Å². The van der Waals surface area contributed by atoms with Crippen molar-refractivity contribution in [1.82, 2.24) is 0 Å². The van der Waals surface area contributed by atoms with E-state index < -0.39 is 0 Å². The molecule has 0 spiro atoms. The highest BCUT2D eigenvalue weighted by molar-refractivity contribution is 6.44. The third kappa shape index (κ3) is 3.95. The van der Waals surface area contributed by atoms with E-state index in [4.69, 9.17) is 33.7 Å². The molecule has 0 aromatic heterocycles. The summed E-state index contributed by atoms with van der Waals surface area (Å²) in [7, 11) is 0. The van der Waals surface area contributed by atoms with E-state index >= 15 is 0 Å². The van der Waals surface area contributed by atoms with Crippen molar-refractivity contribution in [1.29, 1.82) is 0 Å². The molecule has 1 rings (SSSR count). The highest BCUT2D eigenvalue weighted by Gasteiger charge is 2.05. The minimum atomic E-state index is -0.276. The van der Waals surface area contributed by atoms with Gasteiger partial charge in [-0.1, -0.05) is 41.4 Å². The largest absolute Gasteiger partial charge is 0.466 e. The zero-order chi connectivity index (χ0) is 12.8. The summed E-state index contributed by atoms with van der Waals surface area (Å²) >= 11 is 11.9. The third-order valence-corrected chi connectivity index (χ3v) is 2.94. The Kier molecular flexibility index (Phi) is 5.32. The molecule has 0 radical (unpaired) electrons. The van der Waals surface area contributed by atoms with Gasteiger partial charge in [-0.3, -0.25) is 4.79 Å². The minimum absolute atomic E-state index is 0.201. The van der Waals surface area contributed by atoms with Crippen LogP contribution in [0.4, 0.5) is 5.69 Å². The monoisotopic (exact) mass is 273 g/mol. The Labute approximate surface area is 110 Å². The van der Waals surface area contributed by atoms with E-state index in [0.29, 0.717) is 22.3 Å². The van der Waals surface area contributed by atoms with Crippen LogP contribution in [0.25, 0.3) is 6.08 Å². The Balaban J connectivity index is 2.72. The molecule has 0 amide bonds. The lowest BCUT2D eigenvalue weighted by molar-refractivity contribution is -0.142. The number of ether oxygens (including phenoxy) is 1. The van der Waals surface area contributed by atoms with Gasteiger partial charge in [-0.25, -0.2) is 0 Å². The smallest absolute Gasteiger partial charge is 0.309 e. The van der Waals surface area contributed by atoms with Gasteiger partial charge in [0.25, 0.3) is 0 Å². The molecule has 0 aliphatic heterocycles. The summed E-state index contributed by atoms with van der Waals surface area (Å²) < 4.78 is 4.78. The fraction of sp³-hybridized carbons (Fsp3) is 0.250. The van der Waals surface area contributed by atoms with Crippen LogP contribution in [0, 0.1) is 0 Å². The maximum Gasteiger partial charge on any atom is 0.309 e. The van der Waals surface area contributed by atoms with Gasteiger partial charge in [0.1, 0.15) is 0 Å². The number of hydrogen-bond acceptors (Lipinski definition) is 3. The molecule has 92 valence electrons. The fourth-order valence-corrected chi connectivity index (χ4v) is 1.62. The molecule has 5 heteroatoms. The molecule has 1 aromatic carbocycles. The highest BCUT2D eigenvalue weighted by atomic mass is 35.5. The maximum absolute atomic E-state index is 11.1. The number of carbonyl (C=O) groups excluding carboxylic acids is 1. The van der Waals surface area contributed by atoms with E-state index in [2.05, 4.69) is 0 Å². The molecule has 17 heavy (non-hydrogen) atoms. The minimum Gasteiger partial charge on any atom is -0.466 e. The molecule has 0 bridgehead atoms. The standard InChI is InChI=1S/C12H13Cl2NO2/c1-2-17-10(16)5-3-4-8-6-7-9(15)12(14)11(8)13/h3-4,6-7H,2,5,15H2,1H3. The molecular weight excluding hydrogens is 261 g/mol. The van der Waals surface area contributed by atoms with Crippen molar-refractivity contribution in [2.75, 3.05) is 12.3 Å². The van der Waals surface area contributed by atoms with E-state index in [9.17, 15) is 4.79 Å². The Morgan fingerprint density at radius 3 is 2.76 bits per heavy atom. The Morgan fingerprint density at radius 1 is 1.41 bits per heavy atom. The van der Waals surface area contributed by atoms with Crippen LogP contribution >= 0.6 is 23.2 Å². The normalized spacial score (nSPS) is 10.8. The van der Waals surface area contributed by atoms with Crippen molar-refractivity contribution >= 4 is 40.9 Å². The molecule has 0 aliphatic rings. The number of anilines is 1. The van der Waals surface area contributed by atoms with Gasteiger partial charge in [-0.15, -0.1) is 0 Å². The van der Waals surface area contributed by atoms with Gasteiger partial charge in [0.2, 0.25) is 0 Å². The first kappa shape index (κ1) is 13.9. The second-order valence-corrected chi connectivity index (χ2v) is 4.04. The van der Waals surface area contributed by atoms with E-state index in [1.165, 1.54) is 0 Å². The average molecular weight is 274 g/mol. The quantitative estimate of drug-likeness (QED) is 0.674. The SMILES string of the molecule is CCOC(=O)CC=Cc1ccc(N)c(Cl)c1Cl.